The van der Waals surface area contributed by atoms with E-state index in [2.05, 4.69) is 0 Å². The van der Waals surface area contributed by atoms with Gasteiger partial charge in [-0.05, 0) is 0 Å². The van der Waals surface area contributed by atoms with Gasteiger partial charge in [-0.25, -0.2) is 4.79 Å². The minimum Gasteiger partial charge on any atom is -0.507 e. The maximum absolute atomic E-state index is 10.6. The summed E-state index contributed by atoms with van der Waals surface area (Å²) >= 11 is 0. The van der Waals surface area contributed by atoms with Gasteiger partial charge in [0.25, 0.3) is 0 Å². The van der Waals surface area contributed by atoms with Crippen LogP contribution in [-0.2, 0) is 11.2 Å². The van der Waals surface area contributed by atoms with Crippen LogP contribution in [0.3, 0.4) is 0 Å². The molecule has 0 atom stereocenters. The smallest absolute Gasteiger partial charge is 0.343 e. The molecule has 0 heterocycles. The van der Waals surface area contributed by atoms with Gasteiger partial charge in [0.05, 0.1) is 6.42 Å². The Kier molecular flexibility index (Phi) is 2.89. The number of aromatic hydroxyl groups is 3. The third kappa shape index (κ3) is 1.97. The van der Waals surface area contributed by atoms with E-state index in [0.29, 0.717) is 6.07 Å². The van der Waals surface area contributed by atoms with Crippen molar-refractivity contribution in [2.45, 2.75) is 6.42 Å². The minimum atomic E-state index is -1.62. The highest BCUT2D eigenvalue weighted by atomic mass is 16.4. The lowest BCUT2D eigenvalue weighted by molar-refractivity contribution is -0.136. The van der Waals surface area contributed by atoms with Gasteiger partial charge < -0.3 is 25.5 Å². The molecule has 7 heteroatoms. The Hall–Kier alpha value is -2.44. The number of carbonyl (C=O) groups is 2. The van der Waals surface area contributed by atoms with Crippen LogP contribution in [0.25, 0.3) is 0 Å². The summed E-state index contributed by atoms with van der Waals surface area (Å²) in [7, 11) is 0. The molecule has 16 heavy (non-hydrogen) atoms. The standard InChI is InChI=1S/C9H8O7/c10-4-2-5(11)7(9(15)16)8(14)3(4)1-6(12)13/h2,10-11,14H,1H2,(H,12,13)(H,15,16). The SMILES string of the molecule is O=C(O)Cc1c(O)cc(O)c(C(=O)O)c1O. The van der Waals surface area contributed by atoms with Crippen LogP contribution < -0.4 is 0 Å². The van der Waals surface area contributed by atoms with Crippen molar-refractivity contribution in [3.05, 3.63) is 17.2 Å². The Balaban J connectivity index is 3.44. The summed E-state index contributed by atoms with van der Waals surface area (Å²) in [5.41, 5.74) is -1.29. The Morgan fingerprint density at radius 2 is 1.62 bits per heavy atom. The number of carboxylic acids is 2. The van der Waals surface area contributed by atoms with Crippen molar-refractivity contribution in [2.75, 3.05) is 0 Å². The maximum Gasteiger partial charge on any atom is 0.343 e. The van der Waals surface area contributed by atoms with Crippen molar-refractivity contribution in [3.63, 3.8) is 0 Å². The van der Waals surface area contributed by atoms with Gasteiger partial charge in [-0.1, -0.05) is 0 Å². The molecule has 0 radical (unpaired) electrons. The number of hydrogen-bond acceptors (Lipinski definition) is 5. The molecule has 0 saturated heterocycles. The fourth-order valence-corrected chi connectivity index (χ4v) is 1.22. The van der Waals surface area contributed by atoms with Crippen molar-refractivity contribution >= 4 is 11.9 Å². The second kappa shape index (κ2) is 3.97. The number of hydrogen-bond donors (Lipinski definition) is 5. The number of phenols is 3. The molecule has 0 bridgehead atoms. The number of phenolic OH excluding ortho intramolecular Hbond substituents is 1. The summed E-state index contributed by atoms with van der Waals surface area (Å²) in [5, 5.41) is 44.9. The monoisotopic (exact) mass is 228 g/mol. The van der Waals surface area contributed by atoms with E-state index in [1.807, 2.05) is 0 Å². The molecule has 5 N–H and O–H groups in total. The van der Waals surface area contributed by atoms with E-state index in [-0.39, 0.29) is 0 Å². The number of rotatable bonds is 3. The predicted molar refractivity (Wildman–Crippen MR) is 49.7 cm³/mol. The van der Waals surface area contributed by atoms with E-state index in [1.54, 1.807) is 0 Å². The Bertz CT molecular complexity index is 463. The van der Waals surface area contributed by atoms with Crippen LogP contribution in [0.15, 0.2) is 6.07 Å². The molecule has 0 fully saturated rings. The van der Waals surface area contributed by atoms with Crippen molar-refractivity contribution in [3.8, 4) is 17.2 Å². The van der Waals surface area contributed by atoms with Crippen LogP contribution >= 0.6 is 0 Å². The fourth-order valence-electron chi connectivity index (χ4n) is 1.22. The summed E-state index contributed by atoms with van der Waals surface area (Å²) in [6.07, 6.45) is -0.752. The number of benzene rings is 1. The topological polar surface area (TPSA) is 135 Å². The van der Waals surface area contributed by atoms with Gasteiger partial charge in [-0.3, -0.25) is 4.79 Å². The van der Waals surface area contributed by atoms with Gasteiger partial charge in [-0.15, -0.1) is 0 Å². The van der Waals surface area contributed by atoms with E-state index < -0.39 is 46.7 Å². The normalized spacial score (nSPS) is 10.0. The van der Waals surface area contributed by atoms with E-state index in [1.165, 1.54) is 0 Å². The summed E-state index contributed by atoms with van der Waals surface area (Å²) < 4.78 is 0. The van der Waals surface area contributed by atoms with E-state index in [4.69, 9.17) is 15.3 Å². The molecular formula is C9H8O7. The molecule has 1 rings (SSSR count). The summed E-state index contributed by atoms with van der Waals surface area (Å²) in [4.78, 5) is 21.0. The second-order valence-corrected chi connectivity index (χ2v) is 2.99. The molecule has 1 aromatic carbocycles. The minimum absolute atomic E-state index is 0.456. The third-order valence-electron chi connectivity index (χ3n) is 1.90. The zero-order chi connectivity index (χ0) is 12.5. The third-order valence-corrected chi connectivity index (χ3v) is 1.90. The molecule has 0 aliphatic carbocycles. The van der Waals surface area contributed by atoms with E-state index >= 15 is 0 Å². The summed E-state index contributed by atoms with van der Waals surface area (Å²) in [5.74, 6) is -5.44. The van der Waals surface area contributed by atoms with Crippen molar-refractivity contribution in [2.24, 2.45) is 0 Å². The molecule has 0 spiro atoms. The molecule has 0 amide bonds. The maximum atomic E-state index is 10.6. The average Bonchev–Trinajstić information content (AvgIpc) is 2.10. The van der Waals surface area contributed by atoms with Crippen LogP contribution in [0.1, 0.15) is 15.9 Å². The van der Waals surface area contributed by atoms with E-state index in [9.17, 15) is 19.8 Å². The number of aliphatic carboxylic acids is 1. The van der Waals surface area contributed by atoms with Crippen molar-refractivity contribution in [1.29, 1.82) is 0 Å². The quantitative estimate of drug-likeness (QED) is 0.496. The Morgan fingerprint density at radius 3 is 2.06 bits per heavy atom. The van der Waals surface area contributed by atoms with Crippen molar-refractivity contribution < 1.29 is 35.1 Å². The highest BCUT2D eigenvalue weighted by Crippen LogP contribution is 2.37. The van der Waals surface area contributed by atoms with Crippen LogP contribution in [0.2, 0.25) is 0 Å². The van der Waals surface area contributed by atoms with Gasteiger partial charge in [0.1, 0.15) is 22.8 Å². The lowest BCUT2D eigenvalue weighted by Crippen LogP contribution is -2.05. The first kappa shape index (κ1) is 11.6. The molecule has 0 saturated carbocycles. The lowest BCUT2D eigenvalue weighted by atomic mass is 10.0. The van der Waals surface area contributed by atoms with Gasteiger partial charge in [0.2, 0.25) is 0 Å². The molecular weight excluding hydrogens is 220 g/mol. The predicted octanol–water partition coefficient (Wildman–Crippen LogP) is 0.129. The first-order valence-electron chi connectivity index (χ1n) is 4.06. The van der Waals surface area contributed by atoms with Crippen LogP contribution in [0, 0.1) is 0 Å². The first-order valence-corrected chi connectivity index (χ1v) is 4.06. The molecule has 86 valence electrons. The first-order chi connectivity index (χ1) is 7.34. The Labute approximate surface area is 88.8 Å². The van der Waals surface area contributed by atoms with Crippen LogP contribution in [-0.4, -0.2) is 37.5 Å². The number of carboxylic acid groups (broad SMARTS) is 2. The van der Waals surface area contributed by atoms with Gasteiger partial charge >= 0.3 is 11.9 Å². The van der Waals surface area contributed by atoms with E-state index in [0.717, 1.165) is 0 Å². The molecule has 1 aromatic rings. The number of aromatic carboxylic acids is 1. The zero-order valence-electron chi connectivity index (χ0n) is 7.84. The largest absolute Gasteiger partial charge is 0.507 e. The average molecular weight is 228 g/mol. The molecule has 0 unspecified atom stereocenters. The highest BCUT2D eigenvalue weighted by Gasteiger charge is 2.23. The molecule has 7 nitrogen and oxygen atoms in total. The lowest BCUT2D eigenvalue weighted by Gasteiger charge is -2.09. The van der Waals surface area contributed by atoms with Crippen LogP contribution in [0.4, 0.5) is 0 Å². The summed E-state index contributed by atoms with van der Waals surface area (Å²) in [6, 6.07) is 0.668. The van der Waals surface area contributed by atoms with Gasteiger partial charge in [0.15, 0.2) is 0 Å². The second-order valence-electron chi connectivity index (χ2n) is 2.99. The zero-order valence-corrected chi connectivity index (χ0v) is 7.84. The van der Waals surface area contributed by atoms with Gasteiger partial charge in [0, 0.05) is 11.6 Å². The van der Waals surface area contributed by atoms with Crippen molar-refractivity contribution in [1.82, 2.24) is 0 Å². The molecule has 0 aliphatic heterocycles. The van der Waals surface area contributed by atoms with Gasteiger partial charge in [-0.2, -0.15) is 0 Å². The van der Waals surface area contributed by atoms with Crippen LogP contribution in [0.5, 0.6) is 17.2 Å². The summed E-state index contributed by atoms with van der Waals surface area (Å²) in [6.45, 7) is 0. The molecule has 0 aromatic heterocycles. The highest BCUT2D eigenvalue weighted by molar-refractivity contribution is 5.95. The molecule has 0 aliphatic rings. The fraction of sp³-hybridized carbons (Fsp3) is 0.111. The Morgan fingerprint density at radius 1 is 1.06 bits per heavy atom.